The van der Waals surface area contributed by atoms with E-state index in [1.165, 1.54) is 18.4 Å². The van der Waals surface area contributed by atoms with Crippen molar-refractivity contribution in [3.8, 4) is 0 Å². The van der Waals surface area contributed by atoms with Gasteiger partial charge in [-0.2, -0.15) is 4.99 Å². The SMILES string of the molecule is COC(=O)c1c(NC(=O)C[C@H]2SC(N)=NC2=O)sc(C)c1C. The van der Waals surface area contributed by atoms with Gasteiger partial charge in [-0.25, -0.2) is 4.79 Å². The van der Waals surface area contributed by atoms with E-state index in [1.807, 2.05) is 6.92 Å². The average Bonchev–Trinajstić information content (AvgIpc) is 2.89. The number of nitrogens with two attached hydrogens (primary N) is 1. The summed E-state index contributed by atoms with van der Waals surface area (Å²) < 4.78 is 4.74. The van der Waals surface area contributed by atoms with Crippen molar-refractivity contribution < 1.29 is 19.1 Å². The number of hydrogen-bond acceptors (Lipinski definition) is 7. The number of rotatable bonds is 4. The maximum Gasteiger partial charge on any atom is 0.341 e. The van der Waals surface area contributed by atoms with E-state index in [9.17, 15) is 14.4 Å². The molecule has 9 heteroatoms. The van der Waals surface area contributed by atoms with Crippen LogP contribution in [0.15, 0.2) is 4.99 Å². The van der Waals surface area contributed by atoms with E-state index in [1.54, 1.807) is 6.92 Å². The number of anilines is 1. The molecule has 0 saturated heterocycles. The molecule has 22 heavy (non-hydrogen) atoms. The van der Waals surface area contributed by atoms with Gasteiger partial charge in [-0.3, -0.25) is 9.59 Å². The topological polar surface area (TPSA) is 111 Å². The fourth-order valence-corrected chi connectivity index (χ4v) is 3.83. The molecule has 1 aliphatic heterocycles. The lowest BCUT2D eigenvalue weighted by atomic mass is 10.1. The average molecular weight is 341 g/mol. The highest BCUT2D eigenvalue weighted by molar-refractivity contribution is 8.15. The van der Waals surface area contributed by atoms with Crippen molar-refractivity contribution in [3.05, 3.63) is 16.0 Å². The standard InChI is InChI=1S/C13H15N3O4S2/c1-5-6(2)21-11(9(5)12(19)20-3)15-8(17)4-7-10(18)16-13(14)22-7/h7H,4H2,1-3H3,(H,15,17)(H2,14,16,18)/t7-/m1/s1. The normalized spacial score (nSPS) is 17.3. The molecule has 2 rings (SSSR count). The first-order valence-corrected chi connectivity index (χ1v) is 8.06. The summed E-state index contributed by atoms with van der Waals surface area (Å²) in [5, 5.41) is 2.66. The summed E-state index contributed by atoms with van der Waals surface area (Å²) in [4.78, 5) is 39.9. The fourth-order valence-electron chi connectivity index (χ4n) is 1.94. The molecule has 1 atom stereocenters. The van der Waals surface area contributed by atoms with Crippen LogP contribution in [0.25, 0.3) is 0 Å². The molecule has 0 aliphatic carbocycles. The number of aryl methyl sites for hydroxylation is 1. The zero-order valence-corrected chi connectivity index (χ0v) is 13.9. The first kappa shape index (κ1) is 16.5. The fraction of sp³-hybridized carbons (Fsp3) is 0.385. The summed E-state index contributed by atoms with van der Waals surface area (Å²) in [7, 11) is 1.29. The van der Waals surface area contributed by atoms with E-state index >= 15 is 0 Å². The number of amidine groups is 1. The van der Waals surface area contributed by atoms with Crippen LogP contribution < -0.4 is 11.1 Å². The molecule has 0 fully saturated rings. The molecule has 3 N–H and O–H groups in total. The Labute approximate surface area is 135 Å². The lowest BCUT2D eigenvalue weighted by Crippen LogP contribution is -2.22. The Kier molecular flexibility index (Phi) is 4.87. The number of hydrogen-bond donors (Lipinski definition) is 2. The first-order valence-electron chi connectivity index (χ1n) is 6.36. The molecule has 7 nitrogen and oxygen atoms in total. The monoisotopic (exact) mass is 341 g/mol. The second-order valence-electron chi connectivity index (χ2n) is 4.63. The largest absolute Gasteiger partial charge is 0.465 e. The summed E-state index contributed by atoms with van der Waals surface area (Å²) in [5.74, 6) is -1.29. The molecule has 1 aliphatic rings. The molecule has 2 amide bonds. The van der Waals surface area contributed by atoms with Gasteiger partial charge in [0.25, 0.3) is 5.91 Å². The van der Waals surface area contributed by atoms with Gasteiger partial charge in [0.2, 0.25) is 5.91 Å². The van der Waals surface area contributed by atoms with Crippen LogP contribution in [-0.4, -0.2) is 35.3 Å². The number of methoxy groups -OCH3 is 1. The van der Waals surface area contributed by atoms with E-state index in [0.717, 1.165) is 22.2 Å². The number of aliphatic imine (C=N–C) groups is 1. The summed E-state index contributed by atoms with van der Waals surface area (Å²) in [6, 6.07) is 0. The molecule has 0 unspecified atom stereocenters. The minimum atomic E-state index is -0.608. The van der Waals surface area contributed by atoms with E-state index in [2.05, 4.69) is 10.3 Å². The van der Waals surface area contributed by atoms with E-state index in [-0.39, 0.29) is 17.5 Å². The predicted molar refractivity (Wildman–Crippen MR) is 86.4 cm³/mol. The number of nitrogens with zero attached hydrogens (tertiary/aromatic N) is 1. The molecule has 0 spiro atoms. The maximum atomic E-state index is 12.1. The second-order valence-corrected chi connectivity index (χ2v) is 7.07. The van der Waals surface area contributed by atoms with Crippen LogP contribution in [0.5, 0.6) is 0 Å². The molecule has 118 valence electrons. The first-order chi connectivity index (χ1) is 10.3. The number of amides is 2. The van der Waals surface area contributed by atoms with Crippen LogP contribution >= 0.6 is 23.1 Å². The molecule has 2 heterocycles. The summed E-state index contributed by atoms with van der Waals surface area (Å²) in [6.07, 6.45) is -0.0513. The van der Waals surface area contributed by atoms with Crippen molar-refractivity contribution >= 4 is 51.1 Å². The number of carbonyl (C=O) groups is 3. The summed E-state index contributed by atoms with van der Waals surface area (Å²) in [5.41, 5.74) is 6.57. The number of thioether (sulfide) groups is 1. The van der Waals surface area contributed by atoms with Crippen molar-refractivity contribution in [2.24, 2.45) is 10.7 Å². The summed E-state index contributed by atoms with van der Waals surface area (Å²) in [6.45, 7) is 3.64. The minimum Gasteiger partial charge on any atom is -0.465 e. The zero-order chi connectivity index (χ0) is 16.4. The molecule has 0 bridgehead atoms. The van der Waals surface area contributed by atoms with Crippen molar-refractivity contribution in [2.45, 2.75) is 25.5 Å². The van der Waals surface area contributed by atoms with Gasteiger partial charge in [0.05, 0.1) is 12.7 Å². The van der Waals surface area contributed by atoms with Gasteiger partial charge in [0.15, 0.2) is 5.17 Å². The Bertz CT molecular complexity index is 681. The van der Waals surface area contributed by atoms with Crippen LogP contribution in [0.3, 0.4) is 0 Å². The highest BCUT2D eigenvalue weighted by atomic mass is 32.2. The lowest BCUT2D eigenvalue weighted by molar-refractivity contribution is -0.121. The number of carbonyl (C=O) groups excluding carboxylic acids is 3. The van der Waals surface area contributed by atoms with Gasteiger partial charge in [-0.1, -0.05) is 11.8 Å². The minimum absolute atomic E-state index is 0.0513. The van der Waals surface area contributed by atoms with Crippen LogP contribution in [0, 0.1) is 13.8 Å². The van der Waals surface area contributed by atoms with Crippen LogP contribution in [-0.2, 0) is 14.3 Å². The number of thiophene rings is 1. The van der Waals surface area contributed by atoms with E-state index in [4.69, 9.17) is 10.5 Å². The summed E-state index contributed by atoms with van der Waals surface area (Å²) >= 11 is 2.36. The quantitative estimate of drug-likeness (QED) is 0.802. The van der Waals surface area contributed by atoms with E-state index < -0.39 is 17.1 Å². The molecule has 0 aromatic carbocycles. The zero-order valence-electron chi connectivity index (χ0n) is 12.3. The van der Waals surface area contributed by atoms with Gasteiger partial charge >= 0.3 is 5.97 Å². The predicted octanol–water partition coefficient (Wildman–Crippen LogP) is 1.44. The third-order valence-electron chi connectivity index (χ3n) is 3.16. The van der Waals surface area contributed by atoms with Gasteiger partial charge in [-0.15, -0.1) is 11.3 Å². The molecule has 1 aromatic heterocycles. The third kappa shape index (κ3) is 3.30. The van der Waals surface area contributed by atoms with Crippen LogP contribution in [0.4, 0.5) is 5.00 Å². The van der Waals surface area contributed by atoms with Gasteiger partial charge < -0.3 is 15.8 Å². The lowest BCUT2D eigenvalue weighted by Gasteiger charge is -2.08. The van der Waals surface area contributed by atoms with Crippen molar-refractivity contribution in [2.75, 3.05) is 12.4 Å². The number of esters is 1. The van der Waals surface area contributed by atoms with Gasteiger partial charge in [0, 0.05) is 11.3 Å². The van der Waals surface area contributed by atoms with Crippen LogP contribution in [0.2, 0.25) is 0 Å². The van der Waals surface area contributed by atoms with Crippen molar-refractivity contribution in [3.63, 3.8) is 0 Å². The van der Waals surface area contributed by atoms with Gasteiger partial charge in [-0.05, 0) is 19.4 Å². The molecule has 1 aromatic rings. The Balaban J connectivity index is 2.11. The molecular formula is C13H15N3O4S2. The smallest absolute Gasteiger partial charge is 0.341 e. The maximum absolute atomic E-state index is 12.1. The highest BCUT2D eigenvalue weighted by Gasteiger charge is 2.30. The number of ether oxygens (including phenoxy) is 1. The molecular weight excluding hydrogens is 326 g/mol. The number of nitrogens with one attached hydrogen (secondary N) is 1. The molecule has 0 radical (unpaired) electrons. The van der Waals surface area contributed by atoms with Crippen LogP contribution in [0.1, 0.15) is 27.2 Å². The molecule has 0 saturated carbocycles. The second kappa shape index (κ2) is 6.49. The Morgan fingerprint density at radius 3 is 2.64 bits per heavy atom. The Hall–Kier alpha value is -1.87. The van der Waals surface area contributed by atoms with Crippen molar-refractivity contribution in [1.29, 1.82) is 0 Å². The Morgan fingerprint density at radius 1 is 1.41 bits per heavy atom. The van der Waals surface area contributed by atoms with Gasteiger partial charge in [0.1, 0.15) is 10.3 Å². The highest BCUT2D eigenvalue weighted by Crippen LogP contribution is 2.33. The Morgan fingerprint density at radius 2 is 2.09 bits per heavy atom. The third-order valence-corrected chi connectivity index (χ3v) is 5.27. The van der Waals surface area contributed by atoms with Crippen molar-refractivity contribution in [1.82, 2.24) is 0 Å². The van der Waals surface area contributed by atoms with E-state index in [0.29, 0.717) is 10.6 Å².